The van der Waals surface area contributed by atoms with Crippen LogP contribution in [0, 0.1) is 0 Å². The summed E-state index contributed by atoms with van der Waals surface area (Å²) in [7, 11) is 0. The Bertz CT molecular complexity index is 617. The Kier molecular flexibility index (Phi) is 5.16. The molecule has 2 rings (SSSR count). The van der Waals surface area contributed by atoms with E-state index in [1.54, 1.807) is 36.5 Å². The van der Waals surface area contributed by atoms with Crippen LogP contribution < -0.4 is 10.9 Å². The fourth-order valence-electron chi connectivity index (χ4n) is 1.45. The van der Waals surface area contributed by atoms with Crippen LogP contribution in [0.15, 0.2) is 53.6 Å². The highest BCUT2D eigenvalue weighted by Crippen LogP contribution is 2.18. The second-order valence-corrected chi connectivity index (χ2v) is 5.06. The van der Waals surface area contributed by atoms with Crippen molar-refractivity contribution in [2.45, 2.75) is 4.90 Å². The van der Waals surface area contributed by atoms with E-state index in [1.807, 2.05) is 0 Å². The highest BCUT2D eigenvalue weighted by atomic mass is 32.2. The third-order valence-electron chi connectivity index (χ3n) is 2.47. The molecule has 1 heterocycles. The van der Waals surface area contributed by atoms with E-state index in [-0.39, 0.29) is 17.2 Å². The number of carbonyl (C=O) groups is 2. The maximum Gasteiger partial charge on any atom is 0.335 e. The monoisotopic (exact) mass is 303 g/mol. The van der Waals surface area contributed by atoms with Gasteiger partial charge in [-0.05, 0) is 36.4 Å². The van der Waals surface area contributed by atoms with Gasteiger partial charge in [0.05, 0.1) is 11.3 Å². The Balaban J connectivity index is 1.77. The zero-order chi connectivity index (χ0) is 15.1. The smallest absolute Gasteiger partial charge is 0.335 e. The van der Waals surface area contributed by atoms with Gasteiger partial charge in [-0.2, -0.15) is 0 Å². The highest BCUT2D eigenvalue weighted by Gasteiger charge is 2.05. The molecule has 21 heavy (non-hydrogen) atoms. The van der Waals surface area contributed by atoms with Gasteiger partial charge < -0.3 is 5.11 Å². The van der Waals surface area contributed by atoms with Gasteiger partial charge in [0.15, 0.2) is 0 Å². The van der Waals surface area contributed by atoms with Crippen LogP contribution >= 0.6 is 11.8 Å². The molecule has 0 unspecified atom stereocenters. The van der Waals surface area contributed by atoms with Gasteiger partial charge in [0.1, 0.15) is 5.82 Å². The number of thioether (sulfide) groups is 1. The fourth-order valence-corrected chi connectivity index (χ4v) is 2.15. The van der Waals surface area contributed by atoms with Crippen LogP contribution in [0.25, 0.3) is 0 Å². The SMILES string of the molecule is O=C(CSc1ccc(C(=O)O)cc1)NNc1ccccn1. The summed E-state index contributed by atoms with van der Waals surface area (Å²) in [6.45, 7) is 0. The molecule has 1 aromatic heterocycles. The van der Waals surface area contributed by atoms with Crippen LogP contribution in [-0.2, 0) is 4.79 Å². The molecule has 0 saturated heterocycles. The van der Waals surface area contributed by atoms with Gasteiger partial charge >= 0.3 is 5.97 Å². The Morgan fingerprint density at radius 3 is 2.52 bits per heavy atom. The number of aromatic nitrogens is 1. The number of nitrogens with zero attached hydrogens (tertiary/aromatic N) is 1. The van der Waals surface area contributed by atoms with Crippen molar-refractivity contribution in [3.05, 3.63) is 54.2 Å². The Morgan fingerprint density at radius 2 is 1.90 bits per heavy atom. The molecule has 0 radical (unpaired) electrons. The quantitative estimate of drug-likeness (QED) is 0.558. The van der Waals surface area contributed by atoms with Crippen LogP contribution in [0.2, 0.25) is 0 Å². The summed E-state index contributed by atoms with van der Waals surface area (Å²) in [5.74, 6) is -0.398. The summed E-state index contributed by atoms with van der Waals surface area (Å²) < 4.78 is 0. The number of hydrogen-bond acceptors (Lipinski definition) is 5. The number of aromatic carboxylic acids is 1. The van der Waals surface area contributed by atoms with Gasteiger partial charge in [-0.25, -0.2) is 9.78 Å². The van der Waals surface area contributed by atoms with Crippen molar-refractivity contribution in [2.75, 3.05) is 11.2 Å². The Morgan fingerprint density at radius 1 is 1.14 bits per heavy atom. The van der Waals surface area contributed by atoms with E-state index in [1.165, 1.54) is 23.9 Å². The molecule has 1 amide bonds. The van der Waals surface area contributed by atoms with Crippen LogP contribution in [-0.4, -0.2) is 27.7 Å². The maximum atomic E-state index is 11.6. The predicted molar refractivity (Wildman–Crippen MR) is 80.1 cm³/mol. The van der Waals surface area contributed by atoms with Gasteiger partial charge in [-0.1, -0.05) is 6.07 Å². The number of carbonyl (C=O) groups excluding carboxylic acids is 1. The van der Waals surface area contributed by atoms with E-state index in [9.17, 15) is 9.59 Å². The van der Waals surface area contributed by atoms with E-state index >= 15 is 0 Å². The lowest BCUT2D eigenvalue weighted by Gasteiger charge is -2.07. The first kappa shape index (κ1) is 14.9. The average molecular weight is 303 g/mol. The normalized spacial score (nSPS) is 9.90. The molecule has 0 aliphatic rings. The standard InChI is InChI=1S/C14H13N3O3S/c18-13(17-16-12-3-1-2-8-15-12)9-21-11-6-4-10(5-7-11)14(19)20/h1-8H,9H2,(H,15,16)(H,17,18)(H,19,20). The lowest BCUT2D eigenvalue weighted by molar-refractivity contribution is -0.118. The number of carboxylic acids is 1. The van der Waals surface area contributed by atoms with Gasteiger partial charge in [-0.15, -0.1) is 11.8 Å². The summed E-state index contributed by atoms with van der Waals surface area (Å²) in [5, 5.41) is 8.79. The molecular weight excluding hydrogens is 290 g/mol. The number of pyridine rings is 1. The van der Waals surface area contributed by atoms with Crippen LogP contribution in [0.4, 0.5) is 5.82 Å². The lowest BCUT2D eigenvalue weighted by Crippen LogP contribution is -2.31. The molecule has 0 atom stereocenters. The predicted octanol–water partition coefficient (Wildman–Crippen LogP) is 2.02. The van der Waals surface area contributed by atoms with E-state index in [0.717, 1.165) is 4.90 Å². The number of amides is 1. The van der Waals surface area contributed by atoms with Gasteiger partial charge in [0.25, 0.3) is 0 Å². The minimum atomic E-state index is -0.969. The van der Waals surface area contributed by atoms with E-state index in [2.05, 4.69) is 15.8 Å². The molecule has 7 heteroatoms. The van der Waals surface area contributed by atoms with Crippen LogP contribution in [0.3, 0.4) is 0 Å². The van der Waals surface area contributed by atoms with E-state index in [4.69, 9.17) is 5.11 Å². The van der Waals surface area contributed by atoms with Gasteiger partial charge in [-0.3, -0.25) is 15.6 Å². The lowest BCUT2D eigenvalue weighted by atomic mass is 10.2. The number of carboxylic acid groups (broad SMARTS) is 1. The second kappa shape index (κ2) is 7.30. The van der Waals surface area contributed by atoms with Crippen molar-refractivity contribution < 1.29 is 14.7 Å². The van der Waals surface area contributed by atoms with Crippen molar-refractivity contribution >= 4 is 29.5 Å². The molecular formula is C14H13N3O3S. The molecule has 2 aromatic rings. The van der Waals surface area contributed by atoms with Gasteiger partial charge in [0, 0.05) is 11.1 Å². The second-order valence-electron chi connectivity index (χ2n) is 4.01. The minimum absolute atomic E-state index is 0.201. The summed E-state index contributed by atoms with van der Waals surface area (Å²) in [4.78, 5) is 27.2. The van der Waals surface area contributed by atoms with E-state index in [0.29, 0.717) is 5.82 Å². The largest absolute Gasteiger partial charge is 0.478 e. The van der Waals surface area contributed by atoms with Crippen LogP contribution in [0.1, 0.15) is 10.4 Å². The van der Waals surface area contributed by atoms with Crippen LogP contribution in [0.5, 0.6) is 0 Å². The van der Waals surface area contributed by atoms with Crippen molar-refractivity contribution in [1.82, 2.24) is 10.4 Å². The molecule has 0 saturated carbocycles. The molecule has 3 N–H and O–H groups in total. The molecule has 108 valence electrons. The first-order chi connectivity index (χ1) is 10.1. The van der Waals surface area contributed by atoms with Gasteiger partial charge in [0.2, 0.25) is 5.91 Å². The minimum Gasteiger partial charge on any atom is -0.478 e. The highest BCUT2D eigenvalue weighted by molar-refractivity contribution is 8.00. The number of benzene rings is 1. The van der Waals surface area contributed by atoms with E-state index < -0.39 is 5.97 Å². The summed E-state index contributed by atoms with van der Waals surface area (Å²) in [5.41, 5.74) is 5.46. The summed E-state index contributed by atoms with van der Waals surface area (Å²) in [6, 6.07) is 11.7. The number of nitrogens with one attached hydrogen (secondary N) is 2. The number of rotatable bonds is 6. The third kappa shape index (κ3) is 4.81. The molecule has 6 nitrogen and oxygen atoms in total. The van der Waals surface area contributed by atoms with Crippen molar-refractivity contribution in [3.8, 4) is 0 Å². The van der Waals surface area contributed by atoms with Crippen molar-refractivity contribution in [3.63, 3.8) is 0 Å². The molecule has 0 fully saturated rings. The summed E-state index contributed by atoms with van der Waals surface area (Å²) >= 11 is 1.32. The number of hydrogen-bond donors (Lipinski definition) is 3. The van der Waals surface area contributed by atoms with Crippen molar-refractivity contribution in [1.29, 1.82) is 0 Å². The molecule has 0 spiro atoms. The molecule has 0 aliphatic heterocycles. The first-order valence-electron chi connectivity index (χ1n) is 6.07. The number of hydrazine groups is 1. The first-order valence-corrected chi connectivity index (χ1v) is 7.06. The average Bonchev–Trinajstić information content (AvgIpc) is 2.52. The topological polar surface area (TPSA) is 91.3 Å². The van der Waals surface area contributed by atoms with Crippen molar-refractivity contribution in [2.24, 2.45) is 0 Å². The Hall–Kier alpha value is -2.54. The third-order valence-corrected chi connectivity index (χ3v) is 3.48. The molecule has 0 bridgehead atoms. The zero-order valence-electron chi connectivity index (χ0n) is 10.9. The Labute approximate surface area is 125 Å². The number of anilines is 1. The fraction of sp³-hybridized carbons (Fsp3) is 0.0714. The zero-order valence-corrected chi connectivity index (χ0v) is 11.8. The molecule has 0 aliphatic carbocycles. The maximum absolute atomic E-state index is 11.6. The molecule has 1 aromatic carbocycles. The summed E-state index contributed by atoms with van der Waals surface area (Å²) in [6.07, 6.45) is 1.62.